The molecule has 3 aromatic carbocycles. The minimum absolute atomic E-state index is 0. The van der Waals surface area contributed by atoms with Crippen LogP contribution < -0.4 is 29.6 Å². The van der Waals surface area contributed by atoms with E-state index < -0.39 is 37.1 Å². The van der Waals surface area contributed by atoms with Crippen molar-refractivity contribution in [1.82, 2.24) is 0 Å². The van der Waals surface area contributed by atoms with Gasteiger partial charge >= 0.3 is 29.6 Å². The van der Waals surface area contributed by atoms with Gasteiger partial charge in [0.1, 0.15) is 22.0 Å². The van der Waals surface area contributed by atoms with Crippen LogP contribution in [-0.2, 0) is 10.1 Å². The second-order valence-corrected chi connectivity index (χ2v) is 6.79. The summed E-state index contributed by atoms with van der Waals surface area (Å²) in [6.45, 7) is 0. The summed E-state index contributed by atoms with van der Waals surface area (Å²) in [5.41, 5.74) is -1.27. The standard InChI is InChI=1S/C16H11N3O7S.Na.H/c20-13-6-5-9-3-1-2-4-11(9)15(13)18-17-12-7-10(19(22)23)8-14(16(12)21)27(24,25)26;;/h1-8,20-21H,(H,24,25,26);;/q;+1;-1. The smallest absolute Gasteiger partial charge is 1.00 e. The van der Waals surface area contributed by atoms with Crippen LogP contribution in [0.1, 0.15) is 1.43 Å². The summed E-state index contributed by atoms with van der Waals surface area (Å²) in [4.78, 5) is 8.99. The fourth-order valence-electron chi connectivity index (χ4n) is 2.41. The fourth-order valence-corrected chi connectivity index (χ4v) is 3.03. The molecule has 0 fully saturated rings. The van der Waals surface area contributed by atoms with Gasteiger partial charge in [0.25, 0.3) is 15.8 Å². The van der Waals surface area contributed by atoms with Crippen molar-refractivity contribution < 1.29 is 59.1 Å². The first-order valence-corrected chi connectivity index (χ1v) is 8.74. The molecule has 0 saturated heterocycles. The number of azo groups is 1. The van der Waals surface area contributed by atoms with E-state index in [1.807, 2.05) is 0 Å². The summed E-state index contributed by atoms with van der Waals surface area (Å²) in [7, 11) is -4.94. The van der Waals surface area contributed by atoms with E-state index >= 15 is 0 Å². The van der Waals surface area contributed by atoms with Crippen molar-refractivity contribution in [3.05, 3.63) is 58.6 Å². The molecule has 0 aliphatic carbocycles. The number of fused-ring (bicyclic) bond motifs is 1. The number of rotatable bonds is 4. The van der Waals surface area contributed by atoms with Crippen LogP contribution in [0.4, 0.5) is 17.1 Å². The zero-order chi connectivity index (χ0) is 19.8. The van der Waals surface area contributed by atoms with Crippen LogP contribution in [0.25, 0.3) is 10.8 Å². The van der Waals surface area contributed by atoms with Gasteiger partial charge in [0.2, 0.25) is 0 Å². The minimum atomic E-state index is -4.94. The second kappa shape index (κ2) is 8.20. The van der Waals surface area contributed by atoms with Gasteiger partial charge in [0.15, 0.2) is 5.75 Å². The number of benzene rings is 3. The molecule has 0 spiro atoms. The summed E-state index contributed by atoms with van der Waals surface area (Å²) in [5, 5.41) is 39.7. The molecule has 140 valence electrons. The summed E-state index contributed by atoms with van der Waals surface area (Å²) >= 11 is 0. The van der Waals surface area contributed by atoms with Crippen LogP contribution in [0.2, 0.25) is 0 Å². The van der Waals surface area contributed by atoms with Crippen LogP contribution >= 0.6 is 0 Å². The van der Waals surface area contributed by atoms with E-state index in [1.54, 1.807) is 30.3 Å². The second-order valence-electron chi connectivity index (χ2n) is 5.40. The number of phenols is 2. The quantitative estimate of drug-likeness (QED) is 0.188. The molecule has 10 nitrogen and oxygen atoms in total. The number of hydrogen-bond donors (Lipinski definition) is 3. The van der Waals surface area contributed by atoms with Gasteiger partial charge < -0.3 is 11.6 Å². The number of hydrogen-bond acceptors (Lipinski definition) is 8. The number of aromatic hydroxyl groups is 2. The first kappa shape index (κ1) is 21.7. The number of non-ortho nitro benzene ring substituents is 1. The molecule has 0 saturated carbocycles. The van der Waals surface area contributed by atoms with Gasteiger partial charge in [-0.1, -0.05) is 30.3 Å². The van der Waals surface area contributed by atoms with Crippen molar-refractivity contribution in [2.24, 2.45) is 10.2 Å². The van der Waals surface area contributed by atoms with E-state index in [0.717, 1.165) is 11.5 Å². The Morgan fingerprint density at radius 1 is 1.04 bits per heavy atom. The third-order valence-corrected chi connectivity index (χ3v) is 4.53. The van der Waals surface area contributed by atoms with Gasteiger partial charge in [-0.05, 0) is 11.5 Å². The summed E-state index contributed by atoms with van der Waals surface area (Å²) in [5.74, 6) is -1.25. The maximum absolute atomic E-state index is 11.3. The molecule has 0 atom stereocenters. The van der Waals surface area contributed by atoms with Crippen LogP contribution in [0.3, 0.4) is 0 Å². The van der Waals surface area contributed by atoms with E-state index in [0.29, 0.717) is 11.5 Å². The molecule has 0 amide bonds. The monoisotopic (exact) mass is 413 g/mol. The van der Waals surface area contributed by atoms with E-state index in [9.17, 15) is 28.7 Å². The van der Waals surface area contributed by atoms with Gasteiger partial charge in [-0.3, -0.25) is 14.7 Å². The van der Waals surface area contributed by atoms with Crippen LogP contribution in [0.15, 0.2) is 63.7 Å². The van der Waals surface area contributed by atoms with Crippen molar-refractivity contribution in [1.29, 1.82) is 0 Å². The maximum Gasteiger partial charge on any atom is 1.00 e. The molecule has 3 rings (SSSR count). The Morgan fingerprint density at radius 3 is 2.36 bits per heavy atom. The Balaban J connectivity index is 0.00000210. The minimum Gasteiger partial charge on any atom is -1.00 e. The third-order valence-electron chi connectivity index (χ3n) is 3.67. The first-order valence-electron chi connectivity index (χ1n) is 7.30. The number of nitro benzene ring substituents is 1. The molecule has 3 N–H and O–H groups in total. The van der Waals surface area contributed by atoms with Crippen molar-refractivity contribution in [3.8, 4) is 11.5 Å². The predicted molar refractivity (Wildman–Crippen MR) is 95.5 cm³/mol. The van der Waals surface area contributed by atoms with Gasteiger partial charge in [0, 0.05) is 17.5 Å². The zero-order valence-corrected chi connectivity index (χ0v) is 17.2. The van der Waals surface area contributed by atoms with E-state index in [2.05, 4.69) is 10.2 Å². The van der Waals surface area contributed by atoms with Crippen LogP contribution in [0, 0.1) is 10.1 Å². The SMILES string of the molecule is O=[N+]([O-])c1cc(N=Nc2c(O)ccc3ccccc23)c(O)c(S(=O)(=O)O)c1.[H-].[Na+]. The molecule has 3 aromatic rings. The van der Waals surface area contributed by atoms with Crippen LogP contribution in [-0.4, -0.2) is 28.1 Å². The molecule has 0 aliphatic rings. The molecule has 12 heteroatoms. The molecule has 0 radical (unpaired) electrons. The molecule has 0 aromatic heterocycles. The van der Waals surface area contributed by atoms with E-state index in [-0.39, 0.29) is 42.4 Å². The normalized spacial score (nSPS) is 11.5. The van der Waals surface area contributed by atoms with E-state index in [1.165, 1.54) is 6.07 Å². The summed E-state index contributed by atoms with van der Waals surface area (Å²) in [6.07, 6.45) is 0. The van der Waals surface area contributed by atoms with E-state index in [4.69, 9.17) is 4.55 Å². The van der Waals surface area contributed by atoms with Gasteiger partial charge in [-0.15, -0.1) is 10.2 Å². The maximum atomic E-state index is 11.3. The average molecular weight is 413 g/mol. The topological polar surface area (TPSA) is 163 Å². The Morgan fingerprint density at radius 2 is 1.71 bits per heavy atom. The number of phenolic OH excluding ortho intramolecular Hbond substituents is 2. The summed E-state index contributed by atoms with van der Waals surface area (Å²) < 4.78 is 31.8. The van der Waals surface area contributed by atoms with Crippen LogP contribution in [0.5, 0.6) is 11.5 Å². The Hall–Kier alpha value is -2.57. The molecule has 0 unspecified atom stereocenters. The molecule has 0 bridgehead atoms. The largest absolute Gasteiger partial charge is 1.00 e. The predicted octanol–water partition coefficient (Wildman–Crippen LogP) is 0.938. The zero-order valence-electron chi connectivity index (χ0n) is 15.3. The Kier molecular flexibility index (Phi) is 6.37. The van der Waals surface area contributed by atoms with Crippen molar-refractivity contribution in [2.75, 3.05) is 0 Å². The molecule has 0 heterocycles. The third kappa shape index (κ3) is 4.29. The Labute approximate surface area is 181 Å². The molecule has 28 heavy (non-hydrogen) atoms. The van der Waals surface area contributed by atoms with Crippen molar-refractivity contribution in [3.63, 3.8) is 0 Å². The van der Waals surface area contributed by atoms with Gasteiger partial charge in [-0.2, -0.15) is 8.42 Å². The molecular formula is C16H12N3NaO7S. The number of nitrogens with zero attached hydrogens (tertiary/aromatic N) is 3. The summed E-state index contributed by atoms with van der Waals surface area (Å²) in [6, 6.07) is 11.2. The Bertz CT molecular complexity index is 1220. The van der Waals surface area contributed by atoms with Gasteiger partial charge in [0.05, 0.1) is 4.92 Å². The average Bonchev–Trinajstić information content (AvgIpc) is 2.60. The molecular weight excluding hydrogens is 401 g/mol. The van der Waals surface area contributed by atoms with Crippen molar-refractivity contribution in [2.45, 2.75) is 4.90 Å². The molecule has 0 aliphatic heterocycles. The van der Waals surface area contributed by atoms with Gasteiger partial charge in [-0.25, -0.2) is 0 Å². The first-order chi connectivity index (χ1) is 12.7. The van der Waals surface area contributed by atoms with Crippen molar-refractivity contribution >= 4 is 38.0 Å². The number of nitro groups is 1. The fraction of sp³-hybridized carbons (Fsp3) is 0.